The van der Waals surface area contributed by atoms with E-state index in [-0.39, 0.29) is 0 Å². The lowest BCUT2D eigenvalue weighted by Crippen LogP contribution is -2.05. The standard InChI is InChI=1S/C12H11NOS/c1-2-9(7-13-4-1)12-6-10-8-14-5-3-11(10)15-12/h1-2,4,6-7H,3,5,8H2. The van der Waals surface area contributed by atoms with Crippen LogP contribution in [0.4, 0.5) is 0 Å². The molecule has 0 aliphatic carbocycles. The van der Waals surface area contributed by atoms with Crippen LogP contribution in [0.2, 0.25) is 0 Å². The first-order valence-electron chi connectivity index (χ1n) is 5.03. The Morgan fingerprint density at radius 2 is 2.40 bits per heavy atom. The van der Waals surface area contributed by atoms with Crippen molar-refractivity contribution in [1.29, 1.82) is 0 Å². The molecule has 0 spiro atoms. The van der Waals surface area contributed by atoms with E-state index in [9.17, 15) is 0 Å². The van der Waals surface area contributed by atoms with Crippen molar-refractivity contribution in [2.75, 3.05) is 6.61 Å². The lowest BCUT2D eigenvalue weighted by atomic mass is 10.1. The molecule has 0 N–H and O–H groups in total. The quantitative estimate of drug-likeness (QED) is 0.732. The van der Waals surface area contributed by atoms with Crippen molar-refractivity contribution < 1.29 is 4.74 Å². The van der Waals surface area contributed by atoms with Crippen molar-refractivity contribution in [2.24, 2.45) is 0 Å². The molecule has 0 unspecified atom stereocenters. The summed E-state index contributed by atoms with van der Waals surface area (Å²) in [4.78, 5) is 6.92. The molecule has 0 saturated carbocycles. The molecule has 0 amide bonds. The lowest BCUT2D eigenvalue weighted by molar-refractivity contribution is 0.112. The van der Waals surface area contributed by atoms with Gasteiger partial charge in [0.25, 0.3) is 0 Å². The molecular formula is C12H11NOS. The molecule has 1 aliphatic rings. The van der Waals surface area contributed by atoms with Gasteiger partial charge in [-0.15, -0.1) is 11.3 Å². The van der Waals surface area contributed by atoms with Crippen molar-refractivity contribution >= 4 is 11.3 Å². The van der Waals surface area contributed by atoms with Crippen molar-refractivity contribution in [3.63, 3.8) is 0 Å². The highest BCUT2D eigenvalue weighted by molar-refractivity contribution is 7.15. The number of ether oxygens (including phenoxy) is 1. The Balaban J connectivity index is 2.03. The van der Waals surface area contributed by atoms with E-state index >= 15 is 0 Å². The van der Waals surface area contributed by atoms with E-state index in [0.717, 1.165) is 19.6 Å². The van der Waals surface area contributed by atoms with E-state index < -0.39 is 0 Å². The second-order valence-corrected chi connectivity index (χ2v) is 4.74. The van der Waals surface area contributed by atoms with E-state index in [1.165, 1.54) is 20.9 Å². The molecule has 0 fully saturated rings. The van der Waals surface area contributed by atoms with Crippen molar-refractivity contribution in [2.45, 2.75) is 13.0 Å². The first-order chi connectivity index (χ1) is 7.43. The van der Waals surface area contributed by atoms with E-state index in [0.29, 0.717) is 0 Å². The zero-order chi connectivity index (χ0) is 10.1. The SMILES string of the molecule is c1cncc(-c2cc3c(s2)CCOC3)c1. The van der Waals surface area contributed by atoms with Gasteiger partial charge >= 0.3 is 0 Å². The summed E-state index contributed by atoms with van der Waals surface area (Å²) in [6.45, 7) is 1.63. The van der Waals surface area contributed by atoms with Crippen LogP contribution in [0.5, 0.6) is 0 Å². The molecule has 0 saturated heterocycles. The van der Waals surface area contributed by atoms with Gasteiger partial charge in [0.1, 0.15) is 0 Å². The van der Waals surface area contributed by atoms with Gasteiger partial charge in [-0.2, -0.15) is 0 Å². The minimum Gasteiger partial charge on any atom is -0.376 e. The van der Waals surface area contributed by atoms with Gasteiger partial charge in [0.15, 0.2) is 0 Å². The monoisotopic (exact) mass is 217 g/mol. The van der Waals surface area contributed by atoms with Crippen LogP contribution in [0, 0.1) is 0 Å². The predicted molar refractivity (Wildman–Crippen MR) is 60.9 cm³/mol. The highest BCUT2D eigenvalue weighted by Crippen LogP contribution is 2.33. The first kappa shape index (κ1) is 9.07. The molecule has 3 rings (SSSR count). The molecule has 2 aromatic heterocycles. The van der Waals surface area contributed by atoms with Crippen LogP contribution in [0.15, 0.2) is 30.6 Å². The molecule has 1 aliphatic heterocycles. The molecule has 0 atom stereocenters. The van der Waals surface area contributed by atoms with Gasteiger partial charge in [0.05, 0.1) is 13.2 Å². The molecular weight excluding hydrogens is 206 g/mol. The van der Waals surface area contributed by atoms with Gasteiger partial charge in [0.2, 0.25) is 0 Å². The van der Waals surface area contributed by atoms with Crippen molar-refractivity contribution in [1.82, 2.24) is 4.98 Å². The second-order valence-electron chi connectivity index (χ2n) is 3.60. The molecule has 3 heteroatoms. The van der Waals surface area contributed by atoms with Gasteiger partial charge in [-0.05, 0) is 17.7 Å². The molecule has 2 aromatic rings. The van der Waals surface area contributed by atoms with E-state index in [2.05, 4.69) is 17.1 Å². The Labute approximate surface area is 92.6 Å². The summed E-state index contributed by atoms with van der Waals surface area (Å²) < 4.78 is 5.44. The summed E-state index contributed by atoms with van der Waals surface area (Å²) in [5.41, 5.74) is 2.56. The fourth-order valence-electron chi connectivity index (χ4n) is 1.80. The maximum absolute atomic E-state index is 5.44. The number of rotatable bonds is 1. The van der Waals surface area contributed by atoms with Crippen LogP contribution in [0.25, 0.3) is 10.4 Å². The highest BCUT2D eigenvalue weighted by atomic mass is 32.1. The van der Waals surface area contributed by atoms with Crippen LogP contribution >= 0.6 is 11.3 Å². The summed E-state index contributed by atoms with van der Waals surface area (Å²) in [5.74, 6) is 0. The number of fused-ring (bicyclic) bond motifs is 1. The van der Waals surface area contributed by atoms with Gasteiger partial charge in [-0.25, -0.2) is 0 Å². The third kappa shape index (κ3) is 1.68. The Bertz CT molecular complexity index is 440. The molecule has 2 nitrogen and oxygen atoms in total. The van der Waals surface area contributed by atoms with Crippen LogP contribution < -0.4 is 0 Å². The number of thiophene rings is 1. The number of hydrogen-bond acceptors (Lipinski definition) is 3. The van der Waals surface area contributed by atoms with E-state index in [4.69, 9.17) is 4.74 Å². The summed E-state index contributed by atoms with van der Waals surface area (Å²) in [7, 11) is 0. The second kappa shape index (κ2) is 3.76. The fraction of sp³-hybridized carbons (Fsp3) is 0.250. The number of aromatic nitrogens is 1. The molecule has 76 valence electrons. The Kier molecular flexibility index (Phi) is 2.27. The molecule has 0 bridgehead atoms. The van der Waals surface area contributed by atoms with Crippen molar-refractivity contribution in [3.05, 3.63) is 41.0 Å². The molecule has 0 radical (unpaired) electrons. The third-order valence-electron chi connectivity index (χ3n) is 2.57. The predicted octanol–water partition coefficient (Wildman–Crippen LogP) is 2.88. The molecule has 0 aromatic carbocycles. The van der Waals surface area contributed by atoms with Gasteiger partial charge in [-0.3, -0.25) is 4.98 Å². The lowest BCUT2D eigenvalue weighted by Gasteiger charge is -2.10. The summed E-state index contributed by atoms with van der Waals surface area (Å²) in [6.07, 6.45) is 4.78. The Morgan fingerprint density at radius 1 is 1.40 bits per heavy atom. The molecule has 3 heterocycles. The normalized spacial score (nSPS) is 14.9. The summed E-state index contributed by atoms with van der Waals surface area (Å²) in [6, 6.07) is 6.31. The van der Waals surface area contributed by atoms with Crippen LogP contribution in [0.1, 0.15) is 10.4 Å². The number of hydrogen-bond donors (Lipinski definition) is 0. The van der Waals surface area contributed by atoms with Crippen LogP contribution in [-0.4, -0.2) is 11.6 Å². The topological polar surface area (TPSA) is 22.1 Å². The average molecular weight is 217 g/mol. The van der Waals surface area contributed by atoms with E-state index in [1.54, 1.807) is 6.20 Å². The number of nitrogens with zero attached hydrogens (tertiary/aromatic N) is 1. The van der Waals surface area contributed by atoms with Gasteiger partial charge < -0.3 is 4.74 Å². The zero-order valence-corrected chi connectivity index (χ0v) is 9.09. The smallest absolute Gasteiger partial charge is 0.0728 e. The highest BCUT2D eigenvalue weighted by Gasteiger charge is 2.14. The molecule has 15 heavy (non-hydrogen) atoms. The van der Waals surface area contributed by atoms with Gasteiger partial charge in [-0.1, -0.05) is 6.07 Å². The minimum atomic E-state index is 0.770. The largest absolute Gasteiger partial charge is 0.376 e. The summed E-state index contributed by atoms with van der Waals surface area (Å²) in [5, 5.41) is 0. The van der Waals surface area contributed by atoms with E-state index in [1.807, 2.05) is 23.6 Å². The average Bonchev–Trinajstić information content (AvgIpc) is 2.74. The third-order valence-corrected chi connectivity index (χ3v) is 3.86. The van der Waals surface area contributed by atoms with Crippen LogP contribution in [-0.2, 0) is 17.8 Å². The first-order valence-corrected chi connectivity index (χ1v) is 5.85. The zero-order valence-electron chi connectivity index (χ0n) is 8.27. The Hall–Kier alpha value is -1.19. The fourth-order valence-corrected chi connectivity index (χ4v) is 2.94. The Morgan fingerprint density at radius 3 is 3.20 bits per heavy atom. The van der Waals surface area contributed by atoms with Gasteiger partial charge in [0, 0.05) is 34.1 Å². The minimum absolute atomic E-state index is 0.770. The maximum atomic E-state index is 5.44. The van der Waals surface area contributed by atoms with Crippen LogP contribution in [0.3, 0.4) is 0 Å². The number of pyridine rings is 1. The van der Waals surface area contributed by atoms with Crippen molar-refractivity contribution in [3.8, 4) is 10.4 Å². The maximum Gasteiger partial charge on any atom is 0.0728 e. The summed E-state index contributed by atoms with van der Waals surface area (Å²) >= 11 is 1.87.